The Balaban J connectivity index is 0.000000340. The van der Waals surface area contributed by atoms with E-state index in [-0.39, 0.29) is 17.3 Å². The van der Waals surface area contributed by atoms with E-state index in [0.29, 0.717) is 104 Å². The van der Waals surface area contributed by atoms with E-state index in [2.05, 4.69) is 0 Å². The van der Waals surface area contributed by atoms with Crippen LogP contribution >= 0.6 is 0 Å². The number of aliphatic hydroxyl groups is 3. The SMILES string of the molecule is CO.CO.CO.Cc1ccc(-c2ccc(C(=O)c3cc(C=O)cc(C=O)c3)cc2)cc1.Cc1ccc(C(=O)c2cc(C=O)cc(C=O)c2)cc1.Cc1cccc(C(=O)c2cc(C=O)cc(C=O)c2)c1. The van der Waals surface area contributed by atoms with Gasteiger partial charge in [-0.05, 0) is 92.6 Å². The molecule has 69 heavy (non-hydrogen) atoms. The first-order chi connectivity index (χ1) is 33.4. The number of carbonyl (C=O) groups excluding carboxylic acids is 9. The third kappa shape index (κ3) is 17.0. The lowest BCUT2D eigenvalue weighted by molar-refractivity contribution is 0.103. The Morgan fingerprint density at radius 3 is 0.841 bits per heavy atom. The maximum atomic E-state index is 12.6. The van der Waals surface area contributed by atoms with Crippen molar-refractivity contribution < 1.29 is 58.5 Å². The van der Waals surface area contributed by atoms with Crippen LogP contribution in [0.3, 0.4) is 0 Å². The van der Waals surface area contributed by atoms with Crippen molar-refractivity contribution in [2.24, 2.45) is 0 Å². The topological polar surface area (TPSA) is 214 Å². The van der Waals surface area contributed by atoms with Crippen molar-refractivity contribution >= 4 is 55.1 Å². The van der Waals surface area contributed by atoms with E-state index in [1.807, 2.05) is 75.4 Å². The van der Waals surface area contributed by atoms with Gasteiger partial charge < -0.3 is 15.3 Å². The molecule has 352 valence electrons. The van der Waals surface area contributed by atoms with Crippen LogP contribution in [-0.2, 0) is 0 Å². The van der Waals surface area contributed by atoms with Gasteiger partial charge in [0.2, 0.25) is 0 Å². The molecular weight excluding hydrogens is 877 g/mol. The minimum atomic E-state index is -0.220. The number of ketones is 3. The fraction of sp³-hybridized carbons (Fsp3) is 0.105. The maximum Gasteiger partial charge on any atom is 0.193 e. The second-order valence-electron chi connectivity index (χ2n) is 14.5. The smallest absolute Gasteiger partial charge is 0.193 e. The summed E-state index contributed by atoms with van der Waals surface area (Å²) in [5, 5.41) is 21.0. The second kappa shape index (κ2) is 29.9. The minimum absolute atomic E-state index is 0.199. The molecule has 0 fully saturated rings. The van der Waals surface area contributed by atoms with Crippen LogP contribution in [0.5, 0.6) is 0 Å². The predicted molar refractivity (Wildman–Crippen MR) is 265 cm³/mol. The summed E-state index contributed by atoms with van der Waals surface area (Å²) in [6.07, 6.45) is 3.76. The Bertz CT molecular complexity index is 2780. The molecule has 0 amide bonds. The lowest BCUT2D eigenvalue weighted by atomic mass is 9.97. The summed E-state index contributed by atoms with van der Waals surface area (Å²) in [5.74, 6) is -0.621. The third-order valence-corrected chi connectivity index (χ3v) is 9.66. The molecule has 0 saturated carbocycles. The van der Waals surface area contributed by atoms with Crippen LogP contribution in [0.25, 0.3) is 11.1 Å². The summed E-state index contributed by atoms with van der Waals surface area (Å²) in [6.45, 7) is 5.87. The van der Waals surface area contributed by atoms with Gasteiger partial charge in [0.05, 0.1) is 0 Å². The number of aliphatic hydroxyl groups excluding tert-OH is 3. The van der Waals surface area contributed by atoms with E-state index in [4.69, 9.17) is 15.3 Å². The molecule has 0 radical (unpaired) electrons. The average Bonchev–Trinajstić information content (AvgIpc) is 3.42. The quantitative estimate of drug-likeness (QED) is 0.0730. The van der Waals surface area contributed by atoms with E-state index >= 15 is 0 Å². The monoisotopic (exact) mass is 928 g/mol. The zero-order valence-electron chi connectivity index (χ0n) is 38.9. The number of rotatable bonds is 13. The molecule has 7 aromatic carbocycles. The van der Waals surface area contributed by atoms with Crippen LogP contribution in [0.2, 0.25) is 0 Å². The Labute approximate surface area is 400 Å². The normalized spacial score (nSPS) is 9.46. The molecule has 12 nitrogen and oxygen atoms in total. The van der Waals surface area contributed by atoms with Crippen molar-refractivity contribution in [3.05, 3.63) is 235 Å². The second-order valence-corrected chi connectivity index (χ2v) is 14.5. The molecule has 0 aliphatic carbocycles. The van der Waals surface area contributed by atoms with Crippen molar-refractivity contribution in [2.45, 2.75) is 20.8 Å². The minimum Gasteiger partial charge on any atom is -0.400 e. The van der Waals surface area contributed by atoms with E-state index in [1.54, 1.807) is 42.5 Å². The van der Waals surface area contributed by atoms with Crippen molar-refractivity contribution in [1.82, 2.24) is 0 Å². The first-order valence-corrected chi connectivity index (χ1v) is 20.8. The zero-order valence-corrected chi connectivity index (χ0v) is 38.9. The highest BCUT2D eigenvalue weighted by atomic mass is 16.2. The first-order valence-electron chi connectivity index (χ1n) is 20.8. The Morgan fingerprint density at radius 1 is 0.290 bits per heavy atom. The van der Waals surface area contributed by atoms with Crippen LogP contribution in [0, 0.1) is 20.8 Å². The maximum absolute atomic E-state index is 12.6. The van der Waals surface area contributed by atoms with E-state index in [9.17, 15) is 43.2 Å². The van der Waals surface area contributed by atoms with Crippen molar-refractivity contribution in [1.29, 1.82) is 0 Å². The predicted octanol–water partition coefficient (Wildman–Crippen LogP) is 9.05. The first kappa shape index (κ1) is 56.6. The van der Waals surface area contributed by atoms with Gasteiger partial charge in [-0.1, -0.05) is 108 Å². The molecule has 3 N–H and O–H groups in total. The largest absolute Gasteiger partial charge is 0.400 e. The molecular formula is C57H52O12. The molecule has 0 unspecified atom stereocenters. The molecule has 7 rings (SSSR count). The van der Waals surface area contributed by atoms with Crippen LogP contribution in [0.1, 0.15) is 127 Å². The lowest BCUT2D eigenvalue weighted by Gasteiger charge is -2.06. The lowest BCUT2D eigenvalue weighted by Crippen LogP contribution is -2.03. The Morgan fingerprint density at radius 2 is 0.551 bits per heavy atom. The van der Waals surface area contributed by atoms with Gasteiger partial charge in [-0.2, -0.15) is 0 Å². The highest BCUT2D eigenvalue weighted by Crippen LogP contribution is 2.22. The molecule has 0 aromatic heterocycles. The molecule has 0 aliphatic heterocycles. The van der Waals surface area contributed by atoms with Crippen molar-refractivity contribution in [3.8, 4) is 11.1 Å². The van der Waals surface area contributed by atoms with Gasteiger partial charge in [-0.25, -0.2) is 0 Å². The van der Waals surface area contributed by atoms with E-state index in [1.165, 1.54) is 60.2 Å². The Hall–Kier alpha value is -8.55. The van der Waals surface area contributed by atoms with Gasteiger partial charge in [0.15, 0.2) is 17.3 Å². The standard InChI is InChI=1S/C22H16O3.2C16H12O3.3CH4O/c1-15-2-4-18(5-3-15)19-6-8-20(9-7-19)22(25)21-11-16(13-23)10-17(12-21)14-24;1-11-2-4-14(5-3-11)16(19)15-7-12(9-17)6-13(8-15)10-18;1-11-3-2-4-14(5-11)16(19)15-7-12(9-17)6-13(8-15)10-18;3*1-2/h2-14H,1H3;2*2-10H,1H3;3*2H,1H3. The van der Waals surface area contributed by atoms with Gasteiger partial charge in [0.1, 0.15) is 37.7 Å². The van der Waals surface area contributed by atoms with Gasteiger partial charge in [0, 0.05) is 88.1 Å². The fourth-order valence-electron chi connectivity index (χ4n) is 6.38. The molecule has 7 aromatic rings. The summed E-state index contributed by atoms with van der Waals surface area (Å²) in [7, 11) is 3.00. The van der Waals surface area contributed by atoms with Gasteiger partial charge in [-0.3, -0.25) is 43.2 Å². The van der Waals surface area contributed by atoms with E-state index < -0.39 is 0 Å². The zero-order chi connectivity index (χ0) is 51.5. The molecule has 12 heteroatoms. The van der Waals surface area contributed by atoms with Crippen LogP contribution in [0.4, 0.5) is 0 Å². The number of aryl methyl sites for hydroxylation is 3. The highest BCUT2D eigenvalue weighted by molar-refractivity contribution is 6.12. The summed E-state index contributed by atoms with van der Waals surface area (Å²) in [6, 6.07) is 43.1. The average molecular weight is 929 g/mol. The number of carbonyl (C=O) groups is 9. The number of benzene rings is 7. The molecule has 0 atom stereocenters. The van der Waals surface area contributed by atoms with Crippen LogP contribution < -0.4 is 0 Å². The highest BCUT2D eigenvalue weighted by Gasteiger charge is 2.14. The number of aldehydes is 6. The summed E-state index contributed by atoms with van der Waals surface area (Å²) in [4.78, 5) is 102. The molecule has 0 spiro atoms. The summed E-state index contributed by atoms with van der Waals surface area (Å²) in [5.41, 5.74) is 9.83. The molecule has 0 bridgehead atoms. The van der Waals surface area contributed by atoms with Crippen molar-refractivity contribution in [2.75, 3.05) is 21.3 Å². The number of hydrogen-bond acceptors (Lipinski definition) is 12. The van der Waals surface area contributed by atoms with Crippen LogP contribution in [0.15, 0.2) is 152 Å². The molecule has 0 saturated heterocycles. The molecule has 0 heterocycles. The summed E-state index contributed by atoms with van der Waals surface area (Å²) < 4.78 is 0. The Kier molecular flexibility index (Phi) is 24.5. The molecule has 0 aliphatic rings. The van der Waals surface area contributed by atoms with Crippen LogP contribution in [-0.4, -0.2) is 91.7 Å². The van der Waals surface area contributed by atoms with Gasteiger partial charge >= 0.3 is 0 Å². The summed E-state index contributed by atoms with van der Waals surface area (Å²) >= 11 is 0. The number of hydrogen-bond donors (Lipinski definition) is 3. The van der Waals surface area contributed by atoms with E-state index in [0.717, 1.165) is 43.6 Å². The van der Waals surface area contributed by atoms with Gasteiger partial charge in [0.25, 0.3) is 0 Å². The van der Waals surface area contributed by atoms with Gasteiger partial charge in [-0.15, -0.1) is 0 Å². The van der Waals surface area contributed by atoms with Crippen molar-refractivity contribution in [3.63, 3.8) is 0 Å². The fourth-order valence-corrected chi connectivity index (χ4v) is 6.38. The third-order valence-electron chi connectivity index (χ3n) is 9.66.